The van der Waals surface area contributed by atoms with E-state index in [2.05, 4.69) is 15.6 Å². The van der Waals surface area contributed by atoms with Crippen LogP contribution in [0.5, 0.6) is 0 Å². The van der Waals surface area contributed by atoms with Crippen molar-refractivity contribution in [2.24, 2.45) is 0 Å². The summed E-state index contributed by atoms with van der Waals surface area (Å²) in [5.41, 5.74) is -0.182. The summed E-state index contributed by atoms with van der Waals surface area (Å²) in [5, 5.41) is 14.8. The second-order valence-corrected chi connectivity index (χ2v) is 3.84. The molecule has 2 amide bonds. The van der Waals surface area contributed by atoms with E-state index < -0.39 is 11.9 Å². The molecule has 0 saturated heterocycles. The standard InChI is InChI=1S/C9H11N3O4S/c1-2-10-6(13)3-11-7(14)8-12-5(4-17-8)9(15)16/h4H,2-3H2,1H3,(H,10,13)(H,11,14)(H,15,16). The topological polar surface area (TPSA) is 108 Å². The maximum absolute atomic E-state index is 11.5. The molecule has 1 aromatic heterocycles. The number of likely N-dealkylation sites (N-methyl/N-ethyl adjacent to an activating group) is 1. The minimum Gasteiger partial charge on any atom is -0.476 e. The van der Waals surface area contributed by atoms with Gasteiger partial charge in [0.1, 0.15) is 0 Å². The Morgan fingerprint density at radius 3 is 2.65 bits per heavy atom. The number of carboxylic acid groups (broad SMARTS) is 1. The molecule has 0 aliphatic rings. The first-order chi connectivity index (χ1) is 8.04. The van der Waals surface area contributed by atoms with Crippen molar-refractivity contribution in [2.75, 3.05) is 13.1 Å². The molecule has 0 unspecified atom stereocenters. The Labute approximate surface area is 101 Å². The molecule has 92 valence electrons. The Balaban J connectivity index is 2.52. The maximum Gasteiger partial charge on any atom is 0.355 e. The predicted molar refractivity (Wildman–Crippen MR) is 60.1 cm³/mol. The molecule has 8 heteroatoms. The quantitative estimate of drug-likeness (QED) is 0.671. The minimum atomic E-state index is -1.19. The van der Waals surface area contributed by atoms with Gasteiger partial charge < -0.3 is 15.7 Å². The number of hydrogen-bond acceptors (Lipinski definition) is 5. The molecule has 7 nitrogen and oxygen atoms in total. The molecule has 17 heavy (non-hydrogen) atoms. The summed E-state index contributed by atoms with van der Waals surface area (Å²) in [6.07, 6.45) is 0. The van der Waals surface area contributed by atoms with Crippen LogP contribution in [0.4, 0.5) is 0 Å². The molecule has 0 saturated carbocycles. The van der Waals surface area contributed by atoms with E-state index in [4.69, 9.17) is 5.11 Å². The van der Waals surface area contributed by atoms with Gasteiger partial charge >= 0.3 is 5.97 Å². The molecule has 0 aromatic carbocycles. The molecule has 0 atom stereocenters. The van der Waals surface area contributed by atoms with Crippen LogP contribution in [0, 0.1) is 0 Å². The van der Waals surface area contributed by atoms with Crippen LogP contribution in [0.25, 0.3) is 0 Å². The molecular weight excluding hydrogens is 246 g/mol. The number of aromatic nitrogens is 1. The lowest BCUT2D eigenvalue weighted by molar-refractivity contribution is -0.120. The smallest absolute Gasteiger partial charge is 0.355 e. The molecule has 1 heterocycles. The fraction of sp³-hybridized carbons (Fsp3) is 0.333. The highest BCUT2D eigenvalue weighted by molar-refractivity contribution is 7.11. The lowest BCUT2D eigenvalue weighted by Crippen LogP contribution is -2.36. The average molecular weight is 257 g/mol. The van der Waals surface area contributed by atoms with E-state index in [0.29, 0.717) is 6.54 Å². The zero-order chi connectivity index (χ0) is 12.8. The zero-order valence-electron chi connectivity index (χ0n) is 9.02. The summed E-state index contributed by atoms with van der Waals surface area (Å²) < 4.78 is 0. The molecular formula is C9H11N3O4S. The van der Waals surface area contributed by atoms with Crippen molar-refractivity contribution in [3.8, 4) is 0 Å². The third kappa shape index (κ3) is 3.83. The number of hydrogen-bond donors (Lipinski definition) is 3. The first kappa shape index (κ1) is 13.1. The van der Waals surface area contributed by atoms with Gasteiger partial charge in [0.15, 0.2) is 10.7 Å². The van der Waals surface area contributed by atoms with Crippen LogP contribution < -0.4 is 10.6 Å². The van der Waals surface area contributed by atoms with Crippen molar-refractivity contribution < 1.29 is 19.5 Å². The van der Waals surface area contributed by atoms with Crippen molar-refractivity contribution in [1.82, 2.24) is 15.6 Å². The van der Waals surface area contributed by atoms with E-state index in [1.54, 1.807) is 6.92 Å². The summed E-state index contributed by atoms with van der Waals surface area (Å²) in [6.45, 7) is 2.09. The summed E-state index contributed by atoms with van der Waals surface area (Å²) >= 11 is 0.915. The third-order valence-corrected chi connectivity index (χ3v) is 2.54. The van der Waals surface area contributed by atoms with E-state index in [9.17, 15) is 14.4 Å². The summed E-state index contributed by atoms with van der Waals surface area (Å²) in [6, 6.07) is 0. The van der Waals surface area contributed by atoms with Crippen LogP contribution >= 0.6 is 11.3 Å². The molecule has 1 aromatic rings. The van der Waals surface area contributed by atoms with Crippen LogP contribution in [-0.2, 0) is 4.79 Å². The molecule has 0 bridgehead atoms. The number of carboxylic acids is 1. The Morgan fingerprint density at radius 1 is 1.41 bits per heavy atom. The SMILES string of the molecule is CCNC(=O)CNC(=O)c1nc(C(=O)O)cs1. The van der Waals surface area contributed by atoms with E-state index in [-0.39, 0.29) is 23.2 Å². The molecule has 0 radical (unpaired) electrons. The summed E-state index contributed by atoms with van der Waals surface area (Å²) in [4.78, 5) is 36.7. The number of nitrogens with one attached hydrogen (secondary N) is 2. The lowest BCUT2D eigenvalue weighted by atomic mass is 10.5. The van der Waals surface area contributed by atoms with Crippen LogP contribution in [0.3, 0.4) is 0 Å². The highest BCUT2D eigenvalue weighted by Gasteiger charge is 2.14. The van der Waals surface area contributed by atoms with Crippen LogP contribution in [0.1, 0.15) is 27.2 Å². The summed E-state index contributed by atoms with van der Waals surface area (Å²) in [5.74, 6) is -2.06. The van der Waals surface area contributed by atoms with Crippen molar-refractivity contribution in [3.63, 3.8) is 0 Å². The normalized spacial score (nSPS) is 9.71. The second-order valence-electron chi connectivity index (χ2n) is 2.98. The number of rotatable bonds is 5. The minimum absolute atomic E-state index is 0.0201. The fourth-order valence-corrected chi connectivity index (χ4v) is 1.68. The largest absolute Gasteiger partial charge is 0.476 e. The van der Waals surface area contributed by atoms with Gasteiger partial charge in [-0.15, -0.1) is 11.3 Å². The van der Waals surface area contributed by atoms with Gasteiger partial charge in [-0.2, -0.15) is 0 Å². The number of aromatic carboxylic acids is 1. The Hall–Kier alpha value is -1.96. The number of carbonyl (C=O) groups excluding carboxylic acids is 2. The molecule has 0 fully saturated rings. The van der Waals surface area contributed by atoms with Gasteiger partial charge in [-0.1, -0.05) is 0 Å². The van der Waals surface area contributed by atoms with Crippen LogP contribution in [0.2, 0.25) is 0 Å². The van der Waals surface area contributed by atoms with Gasteiger partial charge in [-0.05, 0) is 6.92 Å². The molecule has 0 aliphatic heterocycles. The van der Waals surface area contributed by atoms with Crippen LogP contribution in [-0.4, -0.2) is 41.0 Å². The van der Waals surface area contributed by atoms with Crippen LogP contribution in [0.15, 0.2) is 5.38 Å². The number of nitrogens with zero attached hydrogens (tertiary/aromatic N) is 1. The number of carbonyl (C=O) groups is 3. The maximum atomic E-state index is 11.5. The van der Waals surface area contributed by atoms with Gasteiger partial charge in [-0.3, -0.25) is 9.59 Å². The van der Waals surface area contributed by atoms with Gasteiger partial charge in [0.25, 0.3) is 5.91 Å². The first-order valence-electron chi connectivity index (χ1n) is 4.78. The van der Waals surface area contributed by atoms with E-state index in [1.165, 1.54) is 5.38 Å². The van der Waals surface area contributed by atoms with Crippen molar-refractivity contribution >= 4 is 29.1 Å². The zero-order valence-corrected chi connectivity index (χ0v) is 9.84. The highest BCUT2D eigenvalue weighted by atomic mass is 32.1. The Morgan fingerprint density at radius 2 is 2.12 bits per heavy atom. The monoisotopic (exact) mass is 257 g/mol. The molecule has 3 N–H and O–H groups in total. The third-order valence-electron chi connectivity index (χ3n) is 1.70. The van der Waals surface area contributed by atoms with Crippen molar-refractivity contribution in [1.29, 1.82) is 0 Å². The Bertz CT molecular complexity index is 443. The molecule has 0 spiro atoms. The average Bonchev–Trinajstić information content (AvgIpc) is 2.75. The van der Waals surface area contributed by atoms with Crippen molar-refractivity contribution in [3.05, 3.63) is 16.1 Å². The predicted octanol–water partition coefficient (Wildman–Crippen LogP) is -0.293. The van der Waals surface area contributed by atoms with E-state index in [1.807, 2.05) is 0 Å². The second kappa shape index (κ2) is 5.94. The molecule has 1 rings (SSSR count). The Kier molecular flexibility index (Phi) is 4.58. The van der Waals surface area contributed by atoms with Gasteiger partial charge in [0, 0.05) is 11.9 Å². The van der Waals surface area contributed by atoms with E-state index >= 15 is 0 Å². The lowest BCUT2D eigenvalue weighted by Gasteiger charge is -2.02. The fourth-order valence-electron chi connectivity index (χ4n) is 0.972. The number of thiazole rings is 1. The van der Waals surface area contributed by atoms with Gasteiger partial charge in [0.2, 0.25) is 5.91 Å². The first-order valence-corrected chi connectivity index (χ1v) is 5.66. The van der Waals surface area contributed by atoms with E-state index in [0.717, 1.165) is 11.3 Å². The van der Waals surface area contributed by atoms with Gasteiger partial charge in [0.05, 0.1) is 6.54 Å². The summed E-state index contributed by atoms with van der Waals surface area (Å²) in [7, 11) is 0. The van der Waals surface area contributed by atoms with Crippen molar-refractivity contribution in [2.45, 2.75) is 6.92 Å². The molecule has 0 aliphatic carbocycles. The number of amides is 2. The highest BCUT2D eigenvalue weighted by Crippen LogP contribution is 2.09. The van der Waals surface area contributed by atoms with Gasteiger partial charge in [-0.25, -0.2) is 9.78 Å².